The molecule has 0 saturated carbocycles. The summed E-state index contributed by atoms with van der Waals surface area (Å²) in [6.45, 7) is 3.37. The maximum atomic E-state index is 5.91. The van der Waals surface area contributed by atoms with E-state index < -0.39 is 0 Å². The molecule has 2 heterocycles. The van der Waals surface area contributed by atoms with Crippen LogP contribution in [0.3, 0.4) is 0 Å². The van der Waals surface area contributed by atoms with Crippen molar-refractivity contribution in [1.82, 2.24) is 15.0 Å². The number of aromatic nitrogens is 2. The van der Waals surface area contributed by atoms with Crippen LogP contribution in [0.2, 0.25) is 0 Å². The first kappa shape index (κ1) is 12.2. The number of nitrogens with two attached hydrogens (primary N) is 1. The largest absolute Gasteiger partial charge is 0.398 e. The summed E-state index contributed by atoms with van der Waals surface area (Å²) in [5.74, 6) is 1.26. The molecule has 1 aliphatic heterocycles. The Labute approximate surface area is 112 Å². The molecule has 0 spiro atoms. The Balaban J connectivity index is 1.67. The minimum absolute atomic E-state index is 0.578. The molecule has 2 aromatic rings. The Morgan fingerprint density at radius 1 is 1.21 bits per heavy atom. The van der Waals surface area contributed by atoms with E-state index in [-0.39, 0.29) is 0 Å². The molecule has 100 valence electrons. The van der Waals surface area contributed by atoms with Crippen LogP contribution in [0, 0.1) is 0 Å². The zero-order chi connectivity index (χ0) is 13.1. The number of rotatable bonds is 4. The van der Waals surface area contributed by atoms with Gasteiger partial charge in [-0.2, -0.15) is 4.98 Å². The van der Waals surface area contributed by atoms with Crippen molar-refractivity contribution in [3.05, 3.63) is 30.2 Å². The van der Waals surface area contributed by atoms with Crippen LogP contribution in [0.15, 0.2) is 28.8 Å². The van der Waals surface area contributed by atoms with Gasteiger partial charge in [0.15, 0.2) is 0 Å². The second-order valence-electron chi connectivity index (χ2n) is 4.90. The van der Waals surface area contributed by atoms with E-state index in [2.05, 4.69) is 15.0 Å². The summed E-state index contributed by atoms with van der Waals surface area (Å²) in [5, 5.41) is 4.01. The lowest BCUT2D eigenvalue weighted by Gasteiger charge is -2.11. The Kier molecular flexibility index (Phi) is 3.46. The van der Waals surface area contributed by atoms with E-state index in [0.717, 1.165) is 18.5 Å². The molecule has 0 atom stereocenters. The molecule has 1 aromatic heterocycles. The van der Waals surface area contributed by atoms with E-state index in [9.17, 15) is 0 Å². The predicted molar refractivity (Wildman–Crippen MR) is 73.5 cm³/mol. The molecule has 1 saturated heterocycles. The summed E-state index contributed by atoms with van der Waals surface area (Å²) in [7, 11) is 0. The molecule has 0 radical (unpaired) electrons. The molecule has 1 aliphatic rings. The average molecular weight is 258 g/mol. The molecule has 2 N–H and O–H groups in total. The molecule has 5 heteroatoms. The van der Waals surface area contributed by atoms with Crippen molar-refractivity contribution in [2.45, 2.75) is 19.3 Å². The molecule has 5 nitrogen and oxygen atoms in total. The van der Waals surface area contributed by atoms with Gasteiger partial charge >= 0.3 is 0 Å². The molecule has 0 unspecified atom stereocenters. The first-order valence-electron chi connectivity index (χ1n) is 6.73. The van der Waals surface area contributed by atoms with Gasteiger partial charge < -0.3 is 15.2 Å². The van der Waals surface area contributed by atoms with Crippen LogP contribution in [0.25, 0.3) is 11.4 Å². The van der Waals surface area contributed by atoms with Gasteiger partial charge in [-0.05, 0) is 38.1 Å². The maximum absolute atomic E-state index is 5.91. The van der Waals surface area contributed by atoms with Crippen LogP contribution in [0.4, 0.5) is 5.69 Å². The van der Waals surface area contributed by atoms with Gasteiger partial charge in [0, 0.05) is 24.2 Å². The molecule has 1 aromatic carbocycles. The Bertz CT molecular complexity index is 546. The maximum Gasteiger partial charge on any atom is 0.228 e. The highest BCUT2D eigenvalue weighted by molar-refractivity contribution is 5.70. The van der Waals surface area contributed by atoms with Gasteiger partial charge in [0.05, 0.1) is 0 Å². The second-order valence-corrected chi connectivity index (χ2v) is 4.90. The van der Waals surface area contributed by atoms with Crippen molar-refractivity contribution in [2.75, 3.05) is 25.4 Å². The topological polar surface area (TPSA) is 68.2 Å². The van der Waals surface area contributed by atoms with E-state index in [1.807, 2.05) is 24.3 Å². The van der Waals surface area contributed by atoms with Crippen molar-refractivity contribution >= 4 is 5.69 Å². The first-order chi connectivity index (χ1) is 9.33. The molecule has 0 bridgehead atoms. The molecular formula is C14H18N4O. The fourth-order valence-electron chi connectivity index (χ4n) is 2.43. The van der Waals surface area contributed by atoms with Crippen molar-refractivity contribution in [3.8, 4) is 11.4 Å². The lowest BCUT2D eigenvalue weighted by molar-refractivity contribution is 0.311. The van der Waals surface area contributed by atoms with Gasteiger partial charge in [-0.15, -0.1) is 0 Å². The van der Waals surface area contributed by atoms with E-state index in [1.54, 1.807) is 0 Å². The number of para-hydroxylation sites is 1. The molecule has 19 heavy (non-hydrogen) atoms. The summed E-state index contributed by atoms with van der Waals surface area (Å²) < 4.78 is 5.29. The van der Waals surface area contributed by atoms with Gasteiger partial charge in [0.1, 0.15) is 0 Å². The third-order valence-electron chi connectivity index (χ3n) is 3.51. The van der Waals surface area contributed by atoms with Crippen LogP contribution in [0.1, 0.15) is 18.7 Å². The van der Waals surface area contributed by atoms with Gasteiger partial charge in [0.2, 0.25) is 11.7 Å². The summed E-state index contributed by atoms with van der Waals surface area (Å²) in [5.41, 5.74) is 7.41. The number of nitrogens with zero attached hydrogens (tertiary/aromatic N) is 3. The van der Waals surface area contributed by atoms with Crippen LogP contribution in [-0.2, 0) is 6.42 Å². The van der Waals surface area contributed by atoms with Crippen LogP contribution < -0.4 is 5.73 Å². The zero-order valence-electron chi connectivity index (χ0n) is 10.9. The normalized spacial score (nSPS) is 16.0. The Morgan fingerprint density at radius 2 is 2.00 bits per heavy atom. The monoisotopic (exact) mass is 258 g/mol. The Morgan fingerprint density at radius 3 is 2.79 bits per heavy atom. The van der Waals surface area contributed by atoms with Crippen molar-refractivity contribution < 1.29 is 4.52 Å². The highest BCUT2D eigenvalue weighted by atomic mass is 16.5. The number of hydrogen-bond donors (Lipinski definition) is 1. The first-order valence-corrected chi connectivity index (χ1v) is 6.73. The number of benzene rings is 1. The minimum Gasteiger partial charge on any atom is -0.398 e. The number of anilines is 1. The van der Waals surface area contributed by atoms with Gasteiger partial charge in [-0.1, -0.05) is 17.3 Å². The van der Waals surface area contributed by atoms with Crippen molar-refractivity contribution in [3.63, 3.8) is 0 Å². The predicted octanol–water partition coefficient (Wildman–Crippen LogP) is 1.96. The fraction of sp³-hybridized carbons (Fsp3) is 0.429. The smallest absolute Gasteiger partial charge is 0.228 e. The molecule has 1 fully saturated rings. The number of hydrogen-bond acceptors (Lipinski definition) is 5. The molecule has 3 rings (SSSR count). The van der Waals surface area contributed by atoms with Crippen molar-refractivity contribution in [1.29, 1.82) is 0 Å². The molecule has 0 aliphatic carbocycles. The van der Waals surface area contributed by atoms with Crippen molar-refractivity contribution in [2.24, 2.45) is 0 Å². The lowest BCUT2D eigenvalue weighted by atomic mass is 10.2. The molecular weight excluding hydrogens is 240 g/mol. The van der Waals surface area contributed by atoms with Gasteiger partial charge in [0.25, 0.3) is 0 Å². The van der Waals surface area contributed by atoms with E-state index in [4.69, 9.17) is 10.3 Å². The van der Waals surface area contributed by atoms with Gasteiger partial charge in [-0.3, -0.25) is 0 Å². The average Bonchev–Trinajstić information content (AvgIpc) is 3.08. The van der Waals surface area contributed by atoms with Crippen LogP contribution in [0.5, 0.6) is 0 Å². The number of likely N-dealkylation sites (tertiary alicyclic amines) is 1. The fourth-order valence-corrected chi connectivity index (χ4v) is 2.43. The quantitative estimate of drug-likeness (QED) is 0.849. The SMILES string of the molecule is Nc1ccccc1-c1noc(CCN2CCCC2)n1. The number of nitrogen functional groups attached to an aromatic ring is 1. The highest BCUT2D eigenvalue weighted by Crippen LogP contribution is 2.22. The summed E-state index contributed by atoms with van der Waals surface area (Å²) in [6, 6.07) is 7.57. The van der Waals surface area contributed by atoms with Crippen LogP contribution in [-0.4, -0.2) is 34.7 Å². The minimum atomic E-state index is 0.578. The Hall–Kier alpha value is -1.88. The van der Waals surface area contributed by atoms with Gasteiger partial charge in [-0.25, -0.2) is 0 Å². The lowest BCUT2D eigenvalue weighted by Crippen LogP contribution is -2.21. The van der Waals surface area contributed by atoms with E-state index in [0.29, 0.717) is 17.4 Å². The zero-order valence-corrected chi connectivity index (χ0v) is 10.9. The second kappa shape index (κ2) is 5.40. The van der Waals surface area contributed by atoms with Crippen LogP contribution >= 0.6 is 0 Å². The third-order valence-corrected chi connectivity index (χ3v) is 3.51. The standard InChI is InChI=1S/C14H18N4O/c15-12-6-2-1-5-11(12)14-16-13(19-17-14)7-10-18-8-3-4-9-18/h1-2,5-6H,3-4,7-10,15H2. The summed E-state index contributed by atoms with van der Waals surface area (Å²) in [4.78, 5) is 6.85. The van der Waals surface area contributed by atoms with E-state index >= 15 is 0 Å². The molecule has 0 amide bonds. The summed E-state index contributed by atoms with van der Waals surface area (Å²) >= 11 is 0. The highest BCUT2D eigenvalue weighted by Gasteiger charge is 2.14. The third kappa shape index (κ3) is 2.76. The summed E-state index contributed by atoms with van der Waals surface area (Å²) in [6.07, 6.45) is 3.41. The van der Waals surface area contributed by atoms with E-state index in [1.165, 1.54) is 25.9 Å².